The molecule has 0 aliphatic heterocycles. The number of allylic oxidation sites excluding steroid dienone is 13. The Morgan fingerprint density at radius 2 is 0.982 bits per heavy atom. The summed E-state index contributed by atoms with van der Waals surface area (Å²) < 4.78 is 34.2. The number of phosphoric ester groups is 1. The maximum absolute atomic E-state index is 12.6. The van der Waals surface area contributed by atoms with Crippen LogP contribution in [0.4, 0.5) is 0 Å². The van der Waals surface area contributed by atoms with Gasteiger partial charge in [0.15, 0.2) is 6.10 Å². The number of quaternary nitrogens is 1. The molecule has 0 fully saturated rings. The first kappa shape index (κ1) is 54.5. The Labute approximate surface area is 350 Å². The van der Waals surface area contributed by atoms with Crippen molar-refractivity contribution in [1.82, 2.24) is 0 Å². The third-order valence-electron chi connectivity index (χ3n) is 9.00. The number of carbonyl (C=O) groups excluding carboxylic acids is 1. The van der Waals surface area contributed by atoms with Crippen LogP contribution in [0.15, 0.2) is 85.3 Å². The average Bonchev–Trinajstić information content (AvgIpc) is 3.16. The monoisotopic (exact) mass is 818 g/mol. The summed E-state index contributed by atoms with van der Waals surface area (Å²) in [5.41, 5.74) is 0. The molecule has 0 aromatic carbocycles. The van der Waals surface area contributed by atoms with E-state index in [1.54, 1.807) is 6.26 Å². The van der Waals surface area contributed by atoms with Crippen LogP contribution in [0.25, 0.3) is 0 Å². The van der Waals surface area contributed by atoms with E-state index < -0.39 is 19.9 Å². The fourth-order valence-corrected chi connectivity index (χ4v) is 6.22. The highest BCUT2D eigenvalue weighted by Crippen LogP contribution is 2.38. The quantitative estimate of drug-likeness (QED) is 0.0152. The number of hydrogen-bond donors (Lipinski definition) is 0. The summed E-state index contributed by atoms with van der Waals surface area (Å²) in [4.78, 5) is 25.0. The highest BCUT2D eigenvalue weighted by atomic mass is 31.2. The molecule has 9 heteroatoms. The van der Waals surface area contributed by atoms with Crippen LogP contribution in [-0.2, 0) is 27.9 Å². The second-order valence-corrected chi connectivity index (χ2v) is 17.2. The van der Waals surface area contributed by atoms with Crippen LogP contribution in [0.1, 0.15) is 162 Å². The molecule has 0 aromatic rings. The Hall–Kier alpha value is -2.48. The number of rotatable bonds is 40. The van der Waals surface area contributed by atoms with Gasteiger partial charge in [0.25, 0.3) is 7.82 Å². The molecule has 8 nitrogen and oxygen atoms in total. The molecule has 1 unspecified atom stereocenters. The van der Waals surface area contributed by atoms with E-state index in [1.807, 2.05) is 39.4 Å². The van der Waals surface area contributed by atoms with E-state index in [9.17, 15) is 14.3 Å². The molecule has 0 rings (SSSR count). The Morgan fingerprint density at radius 1 is 0.561 bits per heavy atom. The molecular weight excluding hydrogens is 734 g/mol. The molecule has 0 saturated carbocycles. The summed E-state index contributed by atoms with van der Waals surface area (Å²) in [7, 11) is 1.26. The number of nitrogens with zero attached hydrogens (tertiary/aromatic N) is 1. The van der Waals surface area contributed by atoms with Gasteiger partial charge in [-0.2, -0.15) is 0 Å². The Balaban J connectivity index is 4.45. The minimum Gasteiger partial charge on any atom is -0.756 e. The van der Waals surface area contributed by atoms with Gasteiger partial charge in [-0.25, -0.2) is 0 Å². The van der Waals surface area contributed by atoms with Crippen molar-refractivity contribution in [1.29, 1.82) is 0 Å². The number of likely N-dealkylation sites (N-methyl/N-ethyl adjacent to an activating group) is 1. The van der Waals surface area contributed by atoms with Crippen LogP contribution in [0.5, 0.6) is 0 Å². The first-order chi connectivity index (χ1) is 27.6. The van der Waals surface area contributed by atoms with E-state index in [-0.39, 0.29) is 26.2 Å². The van der Waals surface area contributed by atoms with Crippen molar-refractivity contribution in [2.24, 2.45) is 0 Å². The maximum Gasteiger partial charge on any atom is 0.306 e. The lowest BCUT2D eigenvalue weighted by molar-refractivity contribution is -0.870. The number of esters is 1. The Bertz CT molecular complexity index is 1180. The smallest absolute Gasteiger partial charge is 0.306 e. The molecule has 2 atom stereocenters. The summed E-state index contributed by atoms with van der Waals surface area (Å²) in [5.74, 6) is -0.442. The van der Waals surface area contributed by atoms with E-state index in [2.05, 4.69) is 74.6 Å². The molecule has 0 aliphatic carbocycles. The molecule has 0 bridgehead atoms. The molecule has 328 valence electrons. The standard InChI is InChI=1S/C48H84NO7P/c1-6-8-10-12-14-16-18-20-22-24-25-26-27-29-31-33-35-37-39-41-48(50)56-47(46-55-57(51,52)54-44-42-49(3,4)5)45-53-43-40-38-36-34-32-30-28-23-21-19-17-15-13-11-9-7-2/h14,16,20-23,25-26,29,31,35,37,40,43,47H,6-13,15,17-19,24,27-28,30,32-34,36,38-39,41-42,44-46H2,1-5H3/b16-14-,22-20-,23-21-,26-25-,31-29-,37-35-,43-40-/t47-/m1/s1. The minimum absolute atomic E-state index is 0.00266. The molecule has 0 aromatic heterocycles. The van der Waals surface area contributed by atoms with E-state index >= 15 is 0 Å². The lowest BCUT2D eigenvalue weighted by atomic mass is 10.1. The van der Waals surface area contributed by atoms with Gasteiger partial charge in [0.2, 0.25) is 0 Å². The van der Waals surface area contributed by atoms with Crippen molar-refractivity contribution in [2.75, 3.05) is 47.5 Å². The predicted octanol–water partition coefficient (Wildman–Crippen LogP) is 13.0. The van der Waals surface area contributed by atoms with E-state index in [1.165, 1.54) is 83.5 Å². The zero-order valence-electron chi connectivity index (χ0n) is 37.0. The van der Waals surface area contributed by atoms with Crippen LogP contribution >= 0.6 is 7.82 Å². The molecule has 0 spiro atoms. The minimum atomic E-state index is -4.57. The summed E-state index contributed by atoms with van der Waals surface area (Å²) in [5, 5.41) is 0. The molecule has 0 aliphatic rings. The topological polar surface area (TPSA) is 94.1 Å². The summed E-state index contributed by atoms with van der Waals surface area (Å²) in [6, 6.07) is 0. The van der Waals surface area contributed by atoms with Crippen LogP contribution in [0, 0.1) is 0 Å². The average molecular weight is 818 g/mol. The van der Waals surface area contributed by atoms with Gasteiger partial charge in [0.05, 0.1) is 34.0 Å². The van der Waals surface area contributed by atoms with Gasteiger partial charge in [-0.3, -0.25) is 9.36 Å². The number of phosphoric acid groups is 1. The molecule has 0 amide bonds. The predicted molar refractivity (Wildman–Crippen MR) is 240 cm³/mol. The second-order valence-electron chi connectivity index (χ2n) is 15.8. The highest BCUT2D eigenvalue weighted by Gasteiger charge is 2.20. The van der Waals surface area contributed by atoms with E-state index in [0.717, 1.165) is 51.4 Å². The largest absolute Gasteiger partial charge is 0.756 e. The Kier molecular flexibility index (Phi) is 38.6. The van der Waals surface area contributed by atoms with Gasteiger partial charge >= 0.3 is 5.97 Å². The zero-order valence-corrected chi connectivity index (χ0v) is 37.9. The van der Waals surface area contributed by atoms with Gasteiger partial charge in [-0.15, -0.1) is 0 Å². The molecule has 0 saturated heterocycles. The molecule has 57 heavy (non-hydrogen) atoms. The lowest BCUT2D eigenvalue weighted by Gasteiger charge is -2.28. The van der Waals surface area contributed by atoms with Gasteiger partial charge in [-0.05, 0) is 89.5 Å². The van der Waals surface area contributed by atoms with Crippen LogP contribution < -0.4 is 4.89 Å². The van der Waals surface area contributed by atoms with Crippen molar-refractivity contribution in [3.63, 3.8) is 0 Å². The van der Waals surface area contributed by atoms with Crippen molar-refractivity contribution < 1.29 is 37.3 Å². The third kappa shape index (κ3) is 44.5. The van der Waals surface area contributed by atoms with Crippen molar-refractivity contribution in [3.8, 4) is 0 Å². The lowest BCUT2D eigenvalue weighted by Crippen LogP contribution is -2.37. The Morgan fingerprint density at radius 3 is 1.51 bits per heavy atom. The highest BCUT2D eigenvalue weighted by molar-refractivity contribution is 7.45. The first-order valence-corrected chi connectivity index (χ1v) is 23.8. The van der Waals surface area contributed by atoms with E-state index in [4.69, 9.17) is 18.5 Å². The molecular formula is C48H84NO7P. The van der Waals surface area contributed by atoms with Crippen LogP contribution in [0.2, 0.25) is 0 Å². The zero-order chi connectivity index (χ0) is 42.0. The van der Waals surface area contributed by atoms with Gasteiger partial charge in [0.1, 0.15) is 19.8 Å². The third-order valence-corrected chi connectivity index (χ3v) is 9.96. The molecule has 0 heterocycles. The summed E-state index contributed by atoms with van der Waals surface area (Å²) >= 11 is 0. The summed E-state index contributed by atoms with van der Waals surface area (Å²) in [6.45, 7) is 4.59. The van der Waals surface area contributed by atoms with Crippen molar-refractivity contribution in [2.45, 2.75) is 168 Å². The van der Waals surface area contributed by atoms with Gasteiger partial charge < -0.3 is 27.9 Å². The number of hydrogen-bond acceptors (Lipinski definition) is 7. The normalized spacial score (nSPS) is 14.5. The van der Waals surface area contributed by atoms with Crippen molar-refractivity contribution >= 4 is 13.8 Å². The van der Waals surface area contributed by atoms with E-state index in [0.29, 0.717) is 17.4 Å². The number of ether oxygens (including phenoxy) is 2. The molecule has 0 N–H and O–H groups in total. The second kappa shape index (κ2) is 40.3. The van der Waals surface area contributed by atoms with Gasteiger partial charge in [-0.1, -0.05) is 145 Å². The SMILES string of the molecule is CCCCC/C=C\C/C=C\C/C=C\C/C=C\C/C=C\CCC(=O)O[C@H](CO/C=C\CCCCCC/C=C\CCCCCCCC)COP(=O)([O-])OCC[N+](C)(C)C. The van der Waals surface area contributed by atoms with Crippen LogP contribution in [0.3, 0.4) is 0 Å². The molecule has 0 radical (unpaired) electrons. The summed E-state index contributed by atoms with van der Waals surface area (Å²) in [6.07, 6.45) is 54.2. The van der Waals surface area contributed by atoms with Gasteiger partial charge in [0, 0.05) is 6.42 Å². The van der Waals surface area contributed by atoms with Crippen LogP contribution in [-0.4, -0.2) is 64.1 Å². The van der Waals surface area contributed by atoms with Crippen molar-refractivity contribution in [3.05, 3.63) is 85.3 Å². The number of carbonyl (C=O) groups is 1. The number of unbranched alkanes of at least 4 members (excludes halogenated alkanes) is 14. The fraction of sp³-hybridized carbons (Fsp3) is 0.688. The fourth-order valence-electron chi connectivity index (χ4n) is 5.49. The maximum atomic E-state index is 12.6. The first-order valence-electron chi connectivity index (χ1n) is 22.4.